The van der Waals surface area contributed by atoms with Gasteiger partial charge in [-0.05, 0) is 145 Å². The maximum atomic E-state index is 13.2. The standard InChI is InChI=1S/C40H30Cl2O7S2/c1-2-39(27-7-19-35(20-8-27)50(44,45)36-21-9-30(41)10-22-36)49-34-15-5-29(6-16-34)40(43)28-3-13-32(14-4-28)48-33-17-25-38(26-18-33)51(46,47)37-23-11-31(42)12-24-37/h3-26,39H,2H2,1H3. The van der Waals surface area contributed by atoms with Crippen LogP contribution in [0, 0.1) is 0 Å². The molecule has 6 aromatic carbocycles. The molecular formula is C40H30Cl2O7S2. The average Bonchev–Trinajstić information content (AvgIpc) is 3.15. The van der Waals surface area contributed by atoms with Gasteiger partial charge in [0.25, 0.3) is 0 Å². The number of rotatable bonds is 12. The highest BCUT2D eigenvalue weighted by Crippen LogP contribution is 2.30. The Hall–Kier alpha value is -4.93. The number of halogens is 2. The largest absolute Gasteiger partial charge is 0.486 e. The van der Waals surface area contributed by atoms with Crippen molar-refractivity contribution in [1.29, 1.82) is 0 Å². The van der Waals surface area contributed by atoms with Crippen LogP contribution in [-0.2, 0) is 19.7 Å². The first-order chi connectivity index (χ1) is 24.4. The normalized spacial score (nSPS) is 12.2. The van der Waals surface area contributed by atoms with Gasteiger partial charge in [0, 0.05) is 21.2 Å². The molecule has 0 aliphatic rings. The van der Waals surface area contributed by atoms with Crippen LogP contribution in [0.5, 0.6) is 17.2 Å². The zero-order chi connectivity index (χ0) is 36.2. The summed E-state index contributed by atoms with van der Waals surface area (Å²) in [6.07, 6.45) is 0.292. The van der Waals surface area contributed by atoms with E-state index in [0.717, 1.165) is 5.56 Å². The van der Waals surface area contributed by atoms with Gasteiger partial charge in [-0.3, -0.25) is 4.79 Å². The van der Waals surface area contributed by atoms with Crippen molar-refractivity contribution in [3.05, 3.63) is 172 Å². The highest BCUT2D eigenvalue weighted by molar-refractivity contribution is 7.91. The number of carbonyl (C=O) groups is 1. The second kappa shape index (κ2) is 15.1. The van der Waals surface area contributed by atoms with Crippen LogP contribution in [0.15, 0.2) is 165 Å². The molecule has 0 saturated heterocycles. The summed E-state index contributed by atoms with van der Waals surface area (Å²) in [5.74, 6) is 1.29. The molecule has 0 fully saturated rings. The highest BCUT2D eigenvalue weighted by atomic mass is 35.5. The fourth-order valence-electron chi connectivity index (χ4n) is 5.26. The Morgan fingerprint density at radius 2 is 0.843 bits per heavy atom. The molecule has 0 saturated carbocycles. The summed E-state index contributed by atoms with van der Waals surface area (Å²) in [6, 6.07) is 38.2. The van der Waals surface area contributed by atoms with Crippen LogP contribution in [0.2, 0.25) is 10.0 Å². The molecule has 0 radical (unpaired) electrons. The van der Waals surface area contributed by atoms with E-state index in [4.69, 9.17) is 32.7 Å². The zero-order valence-corrected chi connectivity index (χ0v) is 30.2. The van der Waals surface area contributed by atoms with E-state index in [-0.39, 0.29) is 31.5 Å². The van der Waals surface area contributed by atoms with Crippen molar-refractivity contribution in [3.8, 4) is 17.2 Å². The molecule has 6 rings (SSSR count). The summed E-state index contributed by atoms with van der Waals surface area (Å²) in [4.78, 5) is 13.8. The number of hydrogen-bond donors (Lipinski definition) is 0. The van der Waals surface area contributed by atoms with Crippen LogP contribution >= 0.6 is 23.2 Å². The predicted octanol–water partition coefficient (Wildman–Crippen LogP) is 10.2. The smallest absolute Gasteiger partial charge is 0.206 e. The van der Waals surface area contributed by atoms with Crippen molar-refractivity contribution in [2.24, 2.45) is 0 Å². The lowest BCUT2D eigenvalue weighted by Crippen LogP contribution is -2.08. The van der Waals surface area contributed by atoms with Gasteiger partial charge in [-0.1, -0.05) is 42.3 Å². The quantitative estimate of drug-likeness (QED) is 0.115. The summed E-state index contributed by atoms with van der Waals surface area (Å²) in [5, 5.41) is 0.906. The summed E-state index contributed by atoms with van der Waals surface area (Å²) in [7, 11) is -7.40. The SMILES string of the molecule is CCC(Oc1ccc(C(=O)c2ccc(Oc3ccc(S(=O)(=O)c4ccc(Cl)cc4)cc3)cc2)cc1)c1ccc(S(=O)(=O)c2ccc(Cl)cc2)cc1. The molecule has 11 heteroatoms. The van der Waals surface area contributed by atoms with Gasteiger partial charge < -0.3 is 9.47 Å². The van der Waals surface area contributed by atoms with Crippen molar-refractivity contribution >= 4 is 48.7 Å². The minimum absolute atomic E-state index is 0.122. The minimum atomic E-state index is -3.71. The molecule has 0 aromatic heterocycles. The number of carbonyl (C=O) groups excluding carboxylic acids is 1. The Morgan fingerprint density at radius 1 is 0.510 bits per heavy atom. The van der Waals surface area contributed by atoms with Crippen molar-refractivity contribution in [1.82, 2.24) is 0 Å². The highest BCUT2D eigenvalue weighted by Gasteiger charge is 2.20. The number of ether oxygens (including phenoxy) is 2. The van der Waals surface area contributed by atoms with Gasteiger partial charge in [-0.2, -0.15) is 0 Å². The maximum Gasteiger partial charge on any atom is 0.206 e. The fourth-order valence-corrected chi connectivity index (χ4v) is 8.04. The zero-order valence-electron chi connectivity index (χ0n) is 27.1. The van der Waals surface area contributed by atoms with Crippen molar-refractivity contribution < 1.29 is 31.1 Å². The Morgan fingerprint density at radius 3 is 1.24 bits per heavy atom. The fraction of sp³-hybridized carbons (Fsp3) is 0.0750. The van der Waals surface area contributed by atoms with E-state index in [1.807, 2.05) is 6.92 Å². The molecule has 0 spiro atoms. The summed E-state index contributed by atoms with van der Waals surface area (Å²) in [6.45, 7) is 1.97. The van der Waals surface area contributed by atoms with E-state index >= 15 is 0 Å². The van der Waals surface area contributed by atoms with E-state index in [1.165, 1.54) is 48.5 Å². The second-order valence-electron chi connectivity index (χ2n) is 11.4. The number of hydrogen-bond acceptors (Lipinski definition) is 7. The van der Waals surface area contributed by atoms with Crippen LogP contribution in [0.3, 0.4) is 0 Å². The molecule has 0 aliphatic carbocycles. The van der Waals surface area contributed by atoms with Crippen LogP contribution in [0.1, 0.15) is 40.9 Å². The number of benzene rings is 6. The third kappa shape index (κ3) is 8.18. The van der Waals surface area contributed by atoms with Gasteiger partial charge in [0.1, 0.15) is 23.4 Å². The van der Waals surface area contributed by atoms with E-state index < -0.39 is 19.7 Å². The van der Waals surface area contributed by atoms with Gasteiger partial charge in [0.05, 0.1) is 19.6 Å². The average molecular weight is 758 g/mol. The lowest BCUT2D eigenvalue weighted by Gasteiger charge is -2.18. The molecule has 1 atom stereocenters. The molecule has 1 unspecified atom stereocenters. The van der Waals surface area contributed by atoms with Gasteiger partial charge >= 0.3 is 0 Å². The Balaban J connectivity index is 1.07. The molecule has 7 nitrogen and oxygen atoms in total. The second-order valence-corrected chi connectivity index (χ2v) is 16.2. The third-order valence-electron chi connectivity index (χ3n) is 8.06. The number of ketones is 1. The molecule has 51 heavy (non-hydrogen) atoms. The minimum Gasteiger partial charge on any atom is -0.486 e. The maximum absolute atomic E-state index is 13.2. The van der Waals surface area contributed by atoms with Crippen LogP contribution in [-0.4, -0.2) is 22.6 Å². The van der Waals surface area contributed by atoms with Crippen LogP contribution in [0.4, 0.5) is 0 Å². The van der Waals surface area contributed by atoms with E-state index in [9.17, 15) is 21.6 Å². The van der Waals surface area contributed by atoms with Crippen molar-refractivity contribution in [2.75, 3.05) is 0 Å². The molecule has 0 amide bonds. The molecule has 0 N–H and O–H groups in total. The van der Waals surface area contributed by atoms with Crippen LogP contribution < -0.4 is 9.47 Å². The monoisotopic (exact) mass is 756 g/mol. The molecule has 258 valence electrons. The predicted molar refractivity (Wildman–Crippen MR) is 197 cm³/mol. The van der Waals surface area contributed by atoms with E-state index in [1.54, 1.807) is 97.1 Å². The lowest BCUT2D eigenvalue weighted by molar-refractivity contribution is 0.103. The summed E-state index contributed by atoms with van der Waals surface area (Å²) >= 11 is 11.8. The molecule has 0 aliphatic heterocycles. The van der Waals surface area contributed by atoms with Gasteiger partial charge in [0.15, 0.2) is 5.78 Å². The van der Waals surface area contributed by atoms with Gasteiger partial charge in [-0.25, -0.2) is 16.8 Å². The molecule has 0 bridgehead atoms. The molecular weight excluding hydrogens is 727 g/mol. The number of sulfone groups is 2. The van der Waals surface area contributed by atoms with Gasteiger partial charge in [-0.15, -0.1) is 0 Å². The summed E-state index contributed by atoms with van der Waals surface area (Å²) < 4.78 is 64.0. The van der Waals surface area contributed by atoms with Crippen LogP contribution in [0.25, 0.3) is 0 Å². The van der Waals surface area contributed by atoms with Crippen molar-refractivity contribution in [2.45, 2.75) is 39.0 Å². The Bertz CT molecular complexity index is 2360. The Kier molecular flexibility index (Phi) is 10.6. The van der Waals surface area contributed by atoms with Crippen molar-refractivity contribution in [3.63, 3.8) is 0 Å². The topological polar surface area (TPSA) is 104 Å². The third-order valence-corrected chi connectivity index (χ3v) is 12.1. The molecule has 0 heterocycles. The van der Waals surface area contributed by atoms with E-state index in [0.29, 0.717) is 44.8 Å². The van der Waals surface area contributed by atoms with Gasteiger partial charge in [0.2, 0.25) is 19.7 Å². The summed E-state index contributed by atoms with van der Waals surface area (Å²) in [5.41, 5.74) is 1.74. The first-order valence-corrected chi connectivity index (χ1v) is 19.5. The Labute approximate surface area is 306 Å². The van der Waals surface area contributed by atoms with E-state index in [2.05, 4.69) is 0 Å². The lowest BCUT2D eigenvalue weighted by atomic mass is 10.0. The first kappa shape index (κ1) is 35.9. The first-order valence-electron chi connectivity index (χ1n) is 15.7. The molecule has 6 aromatic rings.